The Bertz CT molecular complexity index is 948. The summed E-state index contributed by atoms with van der Waals surface area (Å²) < 4.78 is 0. The first-order valence-electron chi connectivity index (χ1n) is 10.6. The van der Waals surface area contributed by atoms with Crippen LogP contribution in [0.1, 0.15) is 47.2 Å². The molecule has 1 saturated heterocycles. The van der Waals surface area contributed by atoms with E-state index in [1.54, 1.807) is 21.9 Å². The highest BCUT2D eigenvalue weighted by Crippen LogP contribution is 2.25. The van der Waals surface area contributed by atoms with E-state index in [1.165, 1.54) is 0 Å². The highest BCUT2D eigenvalue weighted by atomic mass is 16.2. The van der Waals surface area contributed by atoms with Crippen molar-refractivity contribution < 1.29 is 14.4 Å². The summed E-state index contributed by atoms with van der Waals surface area (Å²) in [5.41, 5.74) is 3.29. The molecule has 1 N–H and O–H groups in total. The van der Waals surface area contributed by atoms with E-state index >= 15 is 0 Å². The van der Waals surface area contributed by atoms with Gasteiger partial charge in [-0.1, -0.05) is 37.1 Å². The van der Waals surface area contributed by atoms with E-state index in [9.17, 15) is 14.4 Å². The monoisotopic (exact) mass is 405 g/mol. The van der Waals surface area contributed by atoms with Crippen molar-refractivity contribution in [2.24, 2.45) is 0 Å². The Morgan fingerprint density at radius 1 is 1.00 bits per heavy atom. The summed E-state index contributed by atoms with van der Waals surface area (Å²) in [4.78, 5) is 40.9. The number of carbonyl (C=O) groups is 3. The summed E-state index contributed by atoms with van der Waals surface area (Å²) in [5.74, 6) is -0.972. The average Bonchev–Trinajstić information content (AvgIpc) is 3.27. The Morgan fingerprint density at radius 2 is 1.73 bits per heavy atom. The minimum absolute atomic E-state index is 0.177. The normalized spacial score (nSPS) is 17.5. The third-order valence-corrected chi connectivity index (χ3v) is 5.97. The summed E-state index contributed by atoms with van der Waals surface area (Å²) in [5, 5.41) is 2.89. The van der Waals surface area contributed by atoms with Crippen molar-refractivity contribution >= 4 is 23.4 Å². The van der Waals surface area contributed by atoms with Crippen molar-refractivity contribution in [3.8, 4) is 0 Å². The van der Waals surface area contributed by atoms with Crippen LogP contribution in [0.4, 0.5) is 5.69 Å². The van der Waals surface area contributed by atoms with E-state index in [0.717, 1.165) is 42.5 Å². The third kappa shape index (κ3) is 4.37. The molecule has 4 rings (SSSR count). The number of nitrogens with zero attached hydrogens (tertiary/aromatic N) is 2. The molecule has 0 atom stereocenters. The minimum Gasteiger partial charge on any atom is -0.330 e. The van der Waals surface area contributed by atoms with Crippen molar-refractivity contribution in [2.45, 2.75) is 45.2 Å². The lowest BCUT2D eigenvalue weighted by Crippen LogP contribution is -2.56. The predicted octanol–water partition coefficient (Wildman–Crippen LogP) is 3.36. The number of benzene rings is 2. The molecular formula is C24H27N3O3. The highest BCUT2D eigenvalue weighted by Gasteiger charge is 2.37. The van der Waals surface area contributed by atoms with Gasteiger partial charge in [-0.15, -0.1) is 0 Å². The molecule has 1 heterocycles. The molecule has 0 bridgehead atoms. The topological polar surface area (TPSA) is 69.7 Å². The van der Waals surface area contributed by atoms with Crippen LogP contribution in [-0.4, -0.2) is 46.7 Å². The Kier molecular flexibility index (Phi) is 5.84. The SMILES string of the molecule is Cc1cccc(NC(=O)c2ccc(CN3CCN(C4CCCC4)C(=O)C3=O)cc2)c1. The van der Waals surface area contributed by atoms with Crippen molar-refractivity contribution in [3.63, 3.8) is 0 Å². The Hall–Kier alpha value is -3.15. The van der Waals surface area contributed by atoms with Gasteiger partial charge >= 0.3 is 11.8 Å². The molecule has 6 heteroatoms. The van der Waals surface area contributed by atoms with Gasteiger partial charge in [-0.25, -0.2) is 0 Å². The van der Waals surface area contributed by atoms with Crippen molar-refractivity contribution in [1.29, 1.82) is 0 Å². The summed E-state index contributed by atoms with van der Waals surface area (Å²) in [7, 11) is 0. The van der Waals surface area contributed by atoms with Crippen LogP contribution < -0.4 is 5.32 Å². The molecule has 30 heavy (non-hydrogen) atoms. The molecule has 0 aromatic heterocycles. The molecule has 0 radical (unpaired) electrons. The second-order valence-electron chi connectivity index (χ2n) is 8.18. The van der Waals surface area contributed by atoms with Crippen LogP contribution in [0, 0.1) is 6.92 Å². The maximum Gasteiger partial charge on any atom is 0.312 e. The zero-order valence-electron chi connectivity index (χ0n) is 17.3. The molecule has 6 nitrogen and oxygen atoms in total. The number of hydrogen-bond acceptors (Lipinski definition) is 3. The van der Waals surface area contributed by atoms with Gasteiger partial charge in [0.15, 0.2) is 0 Å². The highest BCUT2D eigenvalue weighted by molar-refractivity contribution is 6.35. The van der Waals surface area contributed by atoms with E-state index in [1.807, 2.05) is 43.3 Å². The van der Waals surface area contributed by atoms with Crippen LogP contribution in [0.5, 0.6) is 0 Å². The van der Waals surface area contributed by atoms with Gasteiger partial charge < -0.3 is 15.1 Å². The first-order valence-corrected chi connectivity index (χ1v) is 10.6. The molecule has 1 aliphatic heterocycles. The first-order chi connectivity index (χ1) is 14.5. The molecule has 2 aromatic carbocycles. The molecule has 1 saturated carbocycles. The first kappa shape index (κ1) is 20.1. The summed E-state index contributed by atoms with van der Waals surface area (Å²) in [6.07, 6.45) is 4.28. The molecule has 2 aromatic rings. The zero-order chi connectivity index (χ0) is 21.1. The number of anilines is 1. The van der Waals surface area contributed by atoms with Gasteiger partial charge in [0.1, 0.15) is 0 Å². The predicted molar refractivity (Wildman–Crippen MR) is 115 cm³/mol. The van der Waals surface area contributed by atoms with Crippen LogP contribution in [-0.2, 0) is 16.1 Å². The lowest BCUT2D eigenvalue weighted by atomic mass is 10.1. The second kappa shape index (κ2) is 8.69. The van der Waals surface area contributed by atoms with Gasteiger partial charge in [0.25, 0.3) is 5.91 Å². The summed E-state index contributed by atoms with van der Waals surface area (Å²) in [6.45, 7) is 3.51. The number of hydrogen-bond donors (Lipinski definition) is 1. The van der Waals surface area contributed by atoms with E-state index < -0.39 is 5.91 Å². The van der Waals surface area contributed by atoms with Gasteiger partial charge in [-0.2, -0.15) is 0 Å². The molecule has 3 amide bonds. The fourth-order valence-electron chi connectivity index (χ4n) is 4.31. The average molecular weight is 405 g/mol. The van der Waals surface area contributed by atoms with Crippen LogP contribution in [0.2, 0.25) is 0 Å². The van der Waals surface area contributed by atoms with Gasteiger partial charge in [0, 0.05) is 36.9 Å². The maximum absolute atomic E-state index is 12.6. The lowest BCUT2D eigenvalue weighted by Gasteiger charge is -2.37. The van der Waals surface area contributed by atoms with E-state index in [2.05, 4.69) is 5.32 Å². The minimum atomic E-state index is -0.422. The number of amides is 3. The van der Waals surface area contributed by atoms with Gasteiger partial charge in [0.05, 0.1) is 0 Å². The number of rotatable bonds is 5. The second-order valence-corrected chi connectivity index (χ2v) is 8.18. The van der Waals surface area contributed by atoms with Gasteiger partial charge in [0.2, 0.25) is 0 Å². The molecular weight excluding hydrogens is 378 g/mol. The van der Waals surface area contributed by atoms with Crippen LogP contribution >= 0.6 is 0 Å². The maximum atomic E-state index is 12.6. The molecule has 0 unspecified atom stereocenters. The number of piperazine rings is 1. The van der Waals surface area contributed by atoms with Crippen molar-refractivity contribution in [1.82, 2.24) is 9.80 Å². The Morgan fingerprint density at radius 3 is 2.43 bits per heavy atom. The molecule has 2 fully saturated rings. The largest absolute Gasteiger partial charge is 0.330 e. The van der Waals surface area contributed by atoms with Crippen molar-refractivity contribution in [3.05, 3.63) is 65.2 Å². The zero-order valence-corrected chi connectivity index (χ0v) is 17.3. The summed E-state index contributed by atoms with van der Waals surface area (Å²) in [6, 6.07) is 15.1. The van der Waals surface area contributed by atoms with Gasteiger partial charge in [-0.3, -0.25) is 14.4 Å². The Labute approximate surface area is 176 Å². The fourth-order valence-corrected chi connectivity index (χ4v) is 4.31. The quantitative estimate of drug-likeness (QED) is 0.776. The Balaban J connectivity index is 1.36. The fraction of sp³-hybridized carbons (Fsp3) is 0.375. The summed E-state index contributed by atoms with van der Waals surface area (Å²) >= 11 is 0. The molecule has 0 spiro atoms. The van der Waals surface area contributed by atoms with Crippen LogP contribution in [0.15, 0.2) is 48.5 Å². The van der Waals surface area contributed by atoms with Crippen LogP contribution in [0.3, 0.4) is 0 Å². The smallest absolute Gasteiger partial charge is 0.312 e. The lowest BCUT2D eigenvalue weighted by molar-refractivity contribution is -0.158. The number of nitrogens with one attached hydrogen (secondary N) is 1. The standard InChI is InChI=1S/C24H27N3O3/c1-17-5-4-6-20(15-17)25-22(28)19-11-9-18(10-12-19)16-26-13-14-27(24(30)23(26)29)21-7-2-3-8-21/h4-6,9-12,15,21H,2-3,7-8,13-14,16H2,1H3,(H,25,28). The molecule has 1 aliphatic carbocycles. The number of carbonyl (C=O) groups excluding carboxylic acids is 3. The third-order valence-electron chi connectivity index (χ3n) is 5.97. The van der Waals surface area contributed by atoms with E-state index in [4.69, 9.17) is 0 Å². The molecule has 2 aliphatic rings. The van der Waals surface area contributed by atoms with Gasteiger partial charge in [-0.05, 0) is 55.2 Å². The van der Waals surface area contributed by atoms with Crippen molar-refractivity contribution in [2.75, 3.05) is 18.4 Å². The van der Waals surface area contributed by atoms with Crippen LogP contribution in [0.25, 0.3) is 0 Å². The van der Waals surface area contributed by atoms with E-state index in [0.29, 0.717) is 25.2 Å². The van der Waals surface area contributed by atoms with E-state index in [-0.39, 0.29) is 17.9 Å². The molecule has 156 valence electrons. The number of aryl methyl sites for hydroxylation is 1.